The molecule has 0 bridgehead atoms. The van der Waals surface area contributed by atoms with E-state index in [1.165, 1.54) is 0 Å². The Bertz CT molecular complexity index is 709. The number of carboxylic acid groups (broad SMARTS) is 1. The maximum Gasteiger partial charge on any atom is 0.335 e. The largest absolute Gasteiger partial charge is 0.478 e. The van der Waals surface area contributed by atoms with Gasteiger partial charge >= 0.3 is 5.97 Å². The van der Waals surface area contributed by atoms with E-state index in [4.69, 9.17) is 17.3 Å². The molecule has 1 aromatic carbocycles. The van der Waals surface area contributed by atoms with Crippen LogP contribution in [0.25, 0.3) is 5.69 Å². The second-order valence-electron chi connectivity index (χ2n) is 4.39. The SMILES string of the molecule is CCNC(=S)NN=Cc1cccn1-c1cccc(C(=O)O)c1. The molecule has 3 N–H and O–H groups in total. The molecule has 0 saturated heterocycles. The van der Waals surface area contributed by atoms with E-state index in [9.17, 15) is 4.79 Å². The predicted molar refractivity (Wildman–Crippen MR) is 89.7 cm³/mol. The highest BCUT2D eigenvalue weighted by molar-refractivity contribution is 7.80. The number of carboxylic acids is 1. The quantitative estimate of drug-likeness (QED) is 0.447. The minimum absolute atomic E-state index is 0.237. The second kappa shape index (κ2) is 7.37. The van der Waals surface area contributed by atoms with Gasteiger partial charge in [0.15, 0.2) is 5.11 Å². The fourth-order valence-corrected chi connectivity index (χ4v) is 2.08. The van der Waals surface area contributed by atoms with Crippen LogP contribution in [0, 0.1) is 0 Å². The number of nitrogens with zero attached hydrogens (tertiary/aromatic N) is 2. The molecule has 0 unspecified atom stereocenters. The molecule has 7 heteroatoms. The molecule has 0 atom stereocenters. The maximum absolute atomic E-state index is 11.0. The summed E-state index contributed by atoms with van der Waals surface area (Å²) in [5.41, 5.74) is 4.50. The molecule has 0 saturated carbocycles. The van der Waals surface area contributed by atoms with Crippen LogP contribution in [-0.2, 0) is 0 Å². The summed E-state index contributed by atoms with van der Waals surface area (Å²) in [6.45, 7) is 2.66. The van der Waals surface area contributed by atoms with Crippen LogP contribution in [0.1, 0.15) is 23.0 Å². The van der Waals surface area contributed by atoms with Crippen molar-refractivity contribution >= 4 is 29.5 Å². The first-order valence-corrected chi connectivity index (χ1v) is 7.10. The number of benzene rings is 1. The van der Waals surface area contributed by atoms with Crippen molar-refractivity contribution < 1.29 is 9.90 Å². The van der Waals surface area contributed by atoms with Crippen molar-refractivity contribution in [2.24, 2.45) is 5.10 Å². The molecule has 114 valence electrons. The lowest BCUT2D eigenvalue weighted by atomic mass is 10.2. The third-order valence-electron chi connectivity index (χ3n) is 2.85. The highest BCUT2D eigenvalue weighted by atomic mass is 32.1. The van der Waals surface area contributed by atoms with Crippen LogP contribution in [0.4, 0.5) is 0 Å². The van der Waals surface area contributed by atoms with Crippen LogP contribution < -0.4 is 10.7 Å². The highest BCUT2D eigenvalue weighted by Crippen LogP contribution is 2.13. The average Bonchev–Trinajstić information content (AvgIpc) is 2.96. The first-order valence-electron chi connectivity index (χ1n) is 6.70. The molecule has 0 amide bonds. The van der Waals surface area contributed by atoms with E-state index >= 15 is 0 Å². The Hall–Kier alpha value is -2.67. The third kappa shape index (κ3) is 3.92. The Morgan fingerprint density at radius 2 is 2.23 bits per heavy atom. The van der Waals surface area contributed by atoms with Crippen LogP contribution in [-0.4, -0.2) is 33.5 Å². The molecule has 1 aromatic heterocycles. The van der Waals surface area contributed by atoms with Gasteiger partial charge in [0.1, 0.15) is 0 Å². The molecule has 0 spiro atoms. The number of rotatable bonds is 5. The van der Waals surface area contributed by atoms with E-state index in [2.05, 4.69) is 15.8 Å². The summed E-state index contributed by atoms with van der Waals surface area (Å²) in [5.74, 6) is -0.957. The van der Waals surface area contributed by atoms with Crippen molar-refractivity contribution in [3.8, 4) is 5.69 Å². The number of thiocarbonyl (C=S) groups is 1. The third-order valence-corrected chi connectivity index (χ3v) is 3.09. The van der Waals surface area contributed by atoms with Gasteiger partial charge in [-0.05, 0) is 49.5 Å². The Morgan fingerprint density at radius 3 is 2.95 bits per heavy atom. The fraction of sp³-hybridized carbons (Fsp3) is 0.133. The first kappa shape index (κ1) is 15.7. The van der Waals surface area contributed by atoms with Gasteiger partial charge < -0.3 is 15.0 Å². The Morgan fingerprint density at radius 1 is 1.41 bits per heavy atom. The van der Waals surface area contributed by atoms with Gasteiger partial charge in [-0.15, -0.1) is 0 Å². The van der Waals surface area contributed by atoms with Crippen LogP contribution in [0.3, 0.4) is 0 Å². The summed E-state index contributed by atoms with van der Waals surface area (Å²) in [4.78, 5) is 11.0. The molecule has 6 nitrogen and oxygen atoms in total. The lowest BCUT2D eigenvalue weighted by Gasteiger charge is -2.07. The zero-order valence-electron chi connectivity index (χ0n) is 12.0. The number of hydrogen-bond acceptors (Lipinski definition) is 3. The van der Waals surface area contributed by atoms with Crippen LogP contribution in [0.5, 0.6) is 0 Å². The van der Waals surface area contributed by atoms with E-state index in [1.54, 1.807) is 24.4 Å². The number of nitrogens with one attached hydrogen (secondary N) is 2. The van der Waals surface area contributed by atoms with E-state index in [1.807, 2.05) is 35.9 Å². The topological polar surface area (TPSA) is 78.7 Å². The highest BCUT2D eigenvalue weighted by Gasteiger charge is 2.06. The van der Waals surface area contributed by atoms with Crippen molar-refractivity contribution in [1.82, 2.24) is 15.3 Å². The maximum atomic E-state index is 11.0. The lowest BCUT2D eigenvalue weighted by molar-refractivity contribution is 0.0697. The number of aromatic carboxylic acids is 1. The summed E-state index contributed by atoms with van der Waals surface area (Å²) >= 11 is 5.01. The predicted octanol–water partition coefficient (Wildman–Crippen LogP) is 1.99. The standard InChI is InChI=1S/C15H16N4O2S/c1-2-16-15(22)18-17-10-13-7-4-8-19(13)12-6-3-5-11(9-12)14(20)21/h3-10H,2H2,1H3,(H,20,21)(H2,16,18,22). The molecular weight excluding hydrogens is 300 g/mol. The fourth-order valence-electron chi connectivity index (χ4n) is 1.88. The summed E-state index contributed by atoms with van der Waals surface area (Å²) in [5, 5.41) is 16.5. The monoisotopic (exact) mass is 316 g/mol. The van der Waals surface area contributed by atoms with Gasteiger partial charge in [0.25, 0.3) is 0 Å². The molecule has 0 aliphatic carbocycles. The minimum atomic E-state index is -0.957. The smallest absolute Gasteiger partial charge is 0.335 e. The second-order valence-corrected chi connectivity index (χ2v) is 4.80. The molecular formula is C15H16N4O2S. The summed E-state index contributed by atoms with van der Waals surface area (Å²) < 4.78 is 1.84. The number of carbonyl (C=O) groups is 1. The zero-order valence-corrected chi connectivity index (χ0v) is 12.8. The lowest BCUT2D eigenvalue weighted by Crippen LogP contribution is -2.31. The summed E-state index contributed by atoms with van der Waals surface area (Å²) in [7, 11) is 0. The van der Waals surface area contributed by atoms with Crippen molar-refractivity contribution in [3.63, 3.8) is 0 Å². The van der Waals surface area contributed by atoms with E-state index in [-0.39, 0.29) is 5.56 Å². The molecule has 1 heterocycles. The van der Waals surface area contributed by atoms with E-state index in [0.717, 1.165) is 17.9 Å². The van der Waals surface area contributed by atoms with Crippen LogP contribution in [0.15, 0.2) is 47.7 Å². The Balaban J connectivity index is 2.19. The van der Waals surface area contributed by atoms with Gasteiger partial charge in [-0.3, -0.25) is 5.43 Å². The normalized spacial score (nSPS) is 10.6. The van der Waals surface area contributed by atoms with Crippen molar-refractivity contribution in [2.45, 2.75) is 6.92 Å². The van der Waals surface area contributed by atoms with Gasteiger partial charge in [0.05, 0.1) is 17.5 Å². The van der Waals surface area contributed by atoms with Crippen LogP contribution >= 0.6 is 12.2 Å². The first-order chi connectivity index (χ1) is 10.6. The Kier molecular flexibility index (Phi) is 5.26. The van der Waals surface area contributed by atoms with E-state index in [0.29, 0.717) is 5.11 Å². The zero-order chi connectivity index (χ0) is 15.9. The molecule has 22 heavy (non-hydrogen) atoms. The number of hydrogen-bond donors (Lipinski definition) is 3. The molecule has 0 radical (unpaired) electrons. The van der Waals surface area contributed by atoms with Gasteiger partial charge in [-0.25, -0.2) is 4.79 Å². The van der Waals surface area contributed by atoms with Gasteiger partial charge in [-0.1, -0.05) is 6.07 Å². The van der Waals surface area contributed by atoms with Crippen molar-refractivity contribution in [2.75, 3.05) is 6.54 Å². The minimum Gasteiger partial charge on any atom is -0.478 e. The molecule has 0 aliphatic heterocycles. The number of hydrazone groups is 1. The van der Waals surface area contributed by atoms with Gasteiger partial charge in [0.2, 0.25) is 0 Å². The average molecular weight is 316 g/mol. The van der Waals surface area contributed by atoms with Crippen LogP contribution in [0.2, 0.25) is 0 Å². The molecule has 0 fully saturated rings. The molecule has 2 rings (SSSR count). The van der Waals surface area contributed by atoms with Crippen molar-refractivity contribution in [3.05, 3.63) is 53.9 Å². The number of aromatic nitrogens is 1. The summed E-state index contributed by atoms with van der Waals surface area (Å²) in [6, 6.07) is 10.4. The van der Waals surface area contributed by atoms with Gasteiger partial charge in [0, 0.05) is 18.4 Å². The Labute approximate surface area is 133 Å². The summed E-state index contributed by atoms with van der Waals surface area (Å²) in [6.07, 6.45) is 3.46. The molecule has 2 aromatic rings. The van der Waals surface area contributed by atoms with E-state index < -0.39 is 5.97 Å². The van der Waals surface area contributed by atoms with Gasteiger partial charge in [-0.2, -0.15) is 5.10 Å². The van der Waals surface area contributed by atoms with Crippen molar-refractivity contribution in [1.29, 1.82) is 0 Å². The molecule has 0 aliphatic rings.